The molecule has 0 radical (unpaired) electrons. The molecule has 2 atom stereocenters. The van der Waals surface area contributed by atoms with Gasteiger partial charge in [0.25, 0.3) is 0 Å². The number of methoxy groups -OCH3 is 2. The highest BCUT2D eigenvalue weighted by Gasteiger charge is 2.42. The number of nitrogens with one attached hydrogen (secondary N) is 1. The molecule has 194 valence electrons. The van der Waals surface area contributed by atoms with Crippen LogP contribution in [0.25, 0.3) is 0 Å². The van der Waals surface area contributed by atoms with Crippen LogP contribution in [0, 0.1) is 0 Å². The van der Waals surface area contributed by atoms with Crippen LogP contribution in [0.15, 0.2) is 45.6 Å². The standard InChI is InChI=1S/C26H33N3O6S/c1-15(2)35-25(31)23-16(3)28-26-29(24(23)20-9-8-18(32-4)12-21(20)33-5)17(14-36-26)11-22(30)27-13-19-7-6-10-34-19/h8-9,12,14-15,19,24H,6-7,10-11,13H2,1-5H3,(H,27,30)/t19-,24-/m1/s1. The minimum absolute atomic E-state index is 0.0623. The zero-order valence-corrected chi connectivity index (χ0v) is 22.1. The smallest absolute Gasteiger partial charge is 0.338 e. The van der Waals surface area contributed by atoms with Crippen molar-refractivity contribution in [2.75, 3.05) is 27.4 Å². The molecule has 36 heavy (non-hydrogen) atoms. The van der Waals surface area contributed by atoms with Crippen LogP contribution in [0.3, 0.4) is 0 Å². The zero-order chi connectivity index (χ0) is 25.8. The molecule has 1 aromatic rings. The number of benzene rings is 1. The second kappa shape index (κ2) is 11.4. The summed E-state index contributed by atoms with van der Waals surface area (Å²) in [7, 11) is 3.16. The quantitative estimate of drug-likeness (QED) is 0.494. The third kappa shape index (κ3) is 5.54. The average molecular weight is 516 g/mol. The number of aliphatic imine (C=N–C) groups is 1. The number of amides is 1. The summed E-state index contributed by atoms with van der Waals surface area (Å²) in [6.07, 6.45) is 1.87. The number of ether oxygens (including phenoxy) is 4. The van der Waals surface area contributed by atoms with Crippen LogP contribution in [0.4, 0.5) is 0 Å². The molecule has 1 aromatic carbocycles. The fraction of sp³-hybridized carbons (Fsp3) is 0.500. The molecule has 10 heteroatoms. The molecule has 3 aliphatic rings. The van der Waals surface area contributed by atoms with Gasteiger partial charge in [-0.1, -0.05) is 11.8 Å². The van der Waals surface area contributed by atoms with Crippen molar-refractivity contribution in [1.29, 1.82) is 0 Å². The van der Waals surface area contributed by atoms with Crippen LogP contribution >= 0.6 is 11.8 Å². The van der Waals surface area contributed by atoms with Gasteiger partial charge in [0.2, 0.25) is 5.91 Å². The molecule has 1 amide bonds. The molecule has 9 nitrogen and oxygen atoms in total. The Morgan fingerprint density at radius 3 is 2.75 bits per heavy atom. The SMILES string of the molecule is COc1ccc([C@@H]2C(C(=O)OC(C)C)=C(C)N=C3SC=C(CC(=O)NC[C@H]4CCCO4)N32)c(OC)c1. The number of esters is 1. The highest BCUT2D eigenvalue weighted by Crippen LogP contribution is 2.47. The molecule has 0 aliphatic carbocycles. The molecule has 1 N–H and O–H groups in total. The molecule has 4 rings (SSSR count). The largest absolute Gasteiger partial charge is 0.497 e. The van der Waals surface area contributed by atoms with E-state index in [-0.39, 0.29) is 24.5 Å². The molecule has 3 heterocycles. The first-order valence-corrected chi connectivity index (χ1v) is 13.0. The van der Waals surface area contributed by atoms with Crippen molar-refractivity contribution in [2.45, 2.75) is 58.3 Å². The maximum absolute atomic E-state index is 13.3. The first-order chi connectivity index (χ1) is 17.3. The van der Waals surface area contributed by atoms with Crippen molar-refractivity contribution in [1.82, 2.24) is 10.2 Å². The summed E-state index contributed by atoms with van der Waals surface area (Å²) >= 11 is 1.43. The summed E-state index contributed by atoms with van der Waals surface area (Å²) < 4.78 is 22.3. The molecule has 1 saturated heterocycles. The maximum atomic E-state index is 13.3. The van der Waals surface area contributed by atoms with E-state index in [2.05, 4.69) is 5.32 Å². The van der Waals surface area contributed by atoms with E-state index in [0.717, 1.165) is 30.7 Å². The Kier molecular flexibility index (Phi) is 8.25. The summed E-state index contributed by atoms with van der Waals surface area (Å²) in [4.78, 5) is 32.8. The molecule has 3 aliphatic heterocycles. The molecule has 1 fully saturated rings. The zero-order valence-electron chi connectivity index (χ0n) is 21.3. The van der Waals surface area contributed by atoms with E-state index in [4.69, 9.17) is 23.9 Å². The van der Waals surface area contributed by atoms with E-state index < -0.39 is 12.0 Å². The lowest BCUT2D eigenvalue weighted by Crippen LogP contribution is -2.39. The van der Waals surface area contributed by atoms with Crippen molar-refractivity contribution in [3.63, 3.8) is 0 Å². The van der Waals surface area contributed by atoms with Gasteiger partial charge >= 0.3 is 5.97 Å². The fourth-order valence-electron chi connectivity index (χ4n) is 4.51. The average Bonchev–Trinajstić information content (AvgIpc) is 3.51. The summed E-state index contributed by atoms with van der Waals surface area (Å²) in [5.74, 6) is 0.624. The van der Waals surface area contributed by atoms with Gasteiger partial charge in [-0.3, -0.25) is 4.79 Å². The normalized spacial score (nSPS) is 21.2. The van der Waals surface area contributed by atoms with Crippen LogP contribution in [-0.4, -0.2) is 61.5 Å². The molecular weight excluding hydrogens is 482 g/mol. The van der Waals surface area contributed by atoms with Crippen molar-refractivity contribution < 1.29 is 28.5 Å². The Balaban J connectivity index is 1.68. The monoisotopic (exact) mass is 515 g/mol. The number of hydrogen-bond donors (Lipinski definition) is 1. The topological polar surface area (TPSA) is 98.7 Å². The van der Waals surface area contributed by atoms with Crippen molar-refractivity contribution >= 4 is 28.8 Å². The van der Waals surface area contributed by atoms with Gasteiger partial charge in [-0.25, -0.2) is 9.79 Å². The lowest BCUT2D eigenvalue weighted by Gasteiger charge is -2.37. The second-order valence-corrected chi connectivity index (χ2v) is 9.91. The number of carbonyl (C=O) groups is 2. The lowest BCUT2D eigenvalue weighted by molar-refractivity contribution is -0.143. The van der Waals surface area contributed by atoms with Gasteiger partial charge in [0.1, 0.15) is 11.5 Å². The minimum atomic E-state index is -0.586. The molecule has 0 saturated carbocycles. The highest BCUT2D eigenvalue weighted by atomic mass is 32.2. The Morgan fingerprint density at radius 2 is 2.08 bits per heavy atom. The van der Waals surface area contributed by atoms with Crippen molar-refractivity contribution in [3.05, 3.63) is 46.1 Å². The van der Waals surface area contributed by atoms with Gasteiger partial charge < -0.3 is 29.2 Å². The Hall–Kier alpha value is -2.98. The van der Waals surface area contributed by atoms with Gasteiger partial charge in [-0.2, -0.15) is 0 Å². The van der Waals surface area contributed by atoms with E-state index in [1.165, 1.54) is 11.8 Å². The van der Waals surface area contributed by atoms with E-state index >= 15 is 0 Å². The number of carbonyl (C=O) groups excluding carboxylic acids is 2. The number of rotatable bonds is 9. The van der Waals surface area contributed by atoms with Crippen LogP contribution in [-0.2, 0) is 19.1 Å². The molecular formula is C26H33N3O6S. The second-order valence-electron chi connectivity index (χ2n) is 9.07. The number of amidine groups is 1. The number of allylic oxidation sites excluding steroid dienone is 1. The number of hydrogen-bond acceptors (Lipinski definition) is 9. The highest BCUT2D eigenvalue weighted by molar-refractivity contribution is 8.16. The summed E-state index contributed by atoms with van der Waals surface area (Å²) in [5.41, 5.74) is 2.46. The van der Waals surface area contributed by atoms with E-state index in [0.29, 0.717) is 34.5 Å². The summed E-state index contributed by atoms with van der Waals surface area (Å²) in [6.45, 7) is 6.65. The summed E-state index contributed by atoms with van der Waals surface area (Å²) in [6, 6.07) is 4.89. The number of fused-ring (bicyclic) bond motifs is 1. The van der Waals surface area contributed by atoms with E-state index in [1.807, 2.05) is 36.3 Å². The third-order valence-corrected chi connectivity index (χ3v) is 7.08. The Morgan fingerprint density at radius 1 is 1.28 bits per heavy atom. The number of thioether (sulfide) groups is 1. The Labute approximate surface area is 215 Å². The van der Waals surface area contributed by atoms with Crippen LogP contribution in [0.1, 0.15) is 51.6 Å². The van der Waals surface area contributed by atoms with E-state index in [1.54, 1.807) is 27.2 Å². The lowest BCUT2D eigenvalue weighted by atomic mass is 9.93. The van der Waals surface area contributed by atoms with Gasteiger partial charge in [-0.15, -0.1) is 0 Å². The Bertz CT molecular complexity index is 1110. The van der Waals surface area contributed by atoms with Crippen LogP contribution < -0.4 is 14.8 Å². The molecule has 0 aromatic heterocycles. The predicted molar refractivity (Wildman–Crippen MR) is 138 cm³/mol. The van der Waals surface area contributed by atoms with Gasteiger partial charge in [0.15, 0.2) is 5.17 Å². The minimum Gasteiger partial charge on any atom is -0.497 e. The molecule has 0 spiro atoms. The van der Waals surface area contributed by atoms with Gasteiger partial charge in [0.05, 0.1) is 50.2 Å². The third-order valence-electron chi connectivity index (χ3n) is 6.19. The van der Waals surface area contributed by atoms with E-state index in [9.17, 15) is 9.59 Å². The van der Waals surface area contributed by atoms with Crippen molar-refractivity contribution in [3.8, 4) is 11.5 Å². The van der Waals surface area contributed by atoms with Crippen LogP contribution in [0.2, 0.25) is 0 Å². The molecule has 0 bridgehead atoms. The van der Waals surface area contributed by atoms with Crippen LogP contribution in [0.5, 0.6) is 11.5 Å². The first-order valence-electron chi connectivity index (χ1n) is 12.1. The van der Waals surface area contributed by atoms with Crippen molar-refractivity contribution in [2.24, 2.45) is 4.99 Å². The summed E-state index contributed by atoms with van der Waals surface area (Å²) in [5, 5.41) is 5.59. The maximum Gasteiger partial charge on any atom is 0.338 e. The number of nitrogens with zero attached hydrogens (tertiary/aromatic N) is 2. The predicted octanol–water partition coefficient (Wildman–Crippen LogP) is 3.92. The fourth-order valence-corrected chi connectivity index (χ4v) is 5.47. The first kappa shape index (κ1) is 26.1. The van der Waals surface area contributed by atoms with Gasteiger partial charge in [-0.05, 0) is 51.2 Å². The van der Waals surface area contributed by atoms with Gasteiger partial charge in [0, 0.05) is 30.5 Å². The molecule has 0 unspecified atom stereocenters.